The van der Waals surface area contributed by atoms with Gasteiger partial charge in [0.05, 0.1) is 18.8 Å². The first-order chi connectivity index (χ1) is 13.5. The summed E-state index contributed by atoms with van der Waals surface area (Å²) < 4.78 is 5.86. The molecule has 0 aromatic heterocycles. The number of nitrogens with one attached hydrogen (secondary N) is 1. The predicted molar refractivity (Wildman–Crippen MR) is 112 cm³/mol. The molecular formula is C23H41N3O2. The summed E-state index contributed by atoms with van der Waals surface area (Å²) in [5.74, 6) is 3.56. The number of piperidine rings is 1. The van der Waals surface area contributed by atoms with E-state index in [1.165, 1.54) is 45.1 Å². The van der Waals surface area contributed by atoms with Crippen molar-refractivity contribution in [2.24, 2.45) is 23.7 Å². The molecule has 2 bridgehead atoms. The van der Waals surface area contributed by atoms with Crippen molar-refractivity contribution in [3.8, 4) is 0 Å². The Morgan fingerprint density at radius 3 is 2.36 bits per heavy atom. The van der Waals surface area contributed by atoms with Crippen molar-refractivity contribution in [2.75, 3.05) is 39.3 Å². The Morgan fingerprint density at radius 1 is 1.04 bits per heavy atom. The van der Waals surface area contributed by atoms with E-state index in [1.807, 2.05) is 0 Å². The Balaban J connectivity index is 1.15. The summed E-state index contributed by atoms with van der Waals surface area (Å²) in [7, 11) is 0. The highest BCUT2D eigenvalue weighted by atomic mass is 16.5. The topological polar surface area (TPSA) is 44.8 Å². The molecule has 2 aliphatic carbocycles. The van der Waals surface area contributed by atoms with Crippen LogP contribution in [0.1, 0.15) is 59.3 Å². The number of carbonyl (C=O) groups is 1. The van der Waals surface area contributed by atoms with Crippen LogP contribution >= 0.6 is 0 Å². The van der Waals surface area contributed by atoms with Crippen LogP contribution in [-0.4, -0.2) is 73.2 Å². The molecule has 6 unspecified atom stereocenters. The minimum atomic E-state index is 0.240. The van der Waals surface area contributed by atoms with Crippen molar-refractivity contribution >= 4 is 5.91 Å². The van der Waals surface area contributed by atoms with Crippen molar-refractivity contribution < 1.29 is 9.53 Å². The van der Waals surface area contributed by atoms with E-state index in [1.54, 1.807) is 0 Å². The van der Waals surface area contributed by atoms with Gasteiger partial charge >= 0.3 is 0 Å². The van der Waals surface area contributed by atoms with Gasteiger partial charge in [-0.2, -0.15) is 0 Å². The quantitative estimate of drug-likeness (QED) is 0.756. The fourth-order valence-corrected chi connectivity index (χ4v) is 6.64. The van der Waals surface area contributed by atoms with Gasteiger partial charge in [-0.15, -0.1) is 0 Å². The maximum absolute atomic E-state index is 12.6. The Kier molecular flexibility index (Phi) is 6.63. The molecule has 160 valence electrons. The highest BCUT2D eigenvalue weighted by Gasteiger charge is 2.42. The van der Waals surface area contributed by atoms with Crippen molar-refractivity contribution in [1.29, 1.82) is 0 Å². The molecule has 5 heteroatoms. The lowest BCUT2D eigenvalue weighted by atomic mass is 9.84. The van der Waals surface area contributed by atoms with E-state index in [0.717, 1.165) is 49.9 Å². The van der Waals surface area contributed by atoms with Gasteiger partial charge in [-0.1, -0.05) is 6.42 Å². The number of hydrogen-bond donors (Lipinski definition) is 1. The lowest BCUT2D eigenvalue weighted by Crippen LogP contribution is -2.49. The molecule has 2 heterocycles. The highest BCUT2D eigenvalue weighted by molar-refractivity contribution is 5.78. The molecule has 4 aliphatic rings. The number of amides is 1. The summed E-state index contributed by atoms with van der Waals surface area (Å²) in [5, 5.41) is 3.34. The molecule has 5 nitrogen and oxygen atoms in total. The first-order valence-electron chi connectivity index (χ1n) is 11.9. The molecule has 0 aromatic carbocycles. The summed E-state index contributed by atoms with van der Waals surface area (Å²) in [4.78, 5) is 17.5. The second-order valence-corrected chi connectivity index (χ2v) is 10.4. The number of ether oxygens (including phenoxy) is 1. The number of morpholine rings is 1. The van der Waals surface area contributed by atoms with Gasteiger partial charge in [0, 0.05) is 25.7 Å². The molecule has 0 radical (unpaired) electrons. The van der Waals surface area contributed by atoms with E-state index in [-0.39, 0.29) is 5.91 Å². The lowest BCUT2D eigenvalue weighted by molar-refractivity contribution is -0.123. The second kappa shape index (κ2) is 9.01. The van der Waals surface area contributed by atoms with Gasteiger partial charge in [-0.3, -0.25) is 14.6 Å². The fraction of sp³-hybridized carbons (Fsp3) is 0.957. The van der Waals surface area contributed by atoms with Gasteiger partial charge in [0.1, 0.15) is 0 Å². The van der Waals surface area contributed by atoms with E-state index in [2.05, 4.69) is 35.9 Å². The normalized spacial score (nSPS) is 38.6. The average Bonchev–Trinajstić information content (AvgIpc) is 3.26. The van der Waals surface area contributed by atoms with E-state index >= 15 is 0 Å². The van der Waals surface area contributed by atoms with Crippen LogP contribution in [0.15, 0.2) is 0 Å². The molecule has 2 aliphatic heterocycles. The van der Waals surface area contributed by atoms with Crippen molar-refractivity contribution in [1.82, 2.24) is 15.1 Å². The Bertz CT molecular complexity index is 524. The monoisotopic (exact) mass is 391 g/mol. The minimum Gasteiger partial charge on any atom is -0.373 e. The third kappa shape index (κ3) is 5.09. The van der Waals surface area contributed by atoms with Crippen molar-refractivity contribution in [2.45, 2.75) is 77.5 Å². The lowest BCUT2D eigenvalue weighted by Gasteiger charge is -2.39. The van der Waals surface area contributed by atoms with Crippen LogP contribution < -0.4 is 5.32 Å². The average molecular weight is 392 g/mol. The van der Waals surface area contributed by atoms with E-state index in [0.29, 0.717) is 24.8 Å². The number of rotatable bonds is 6. The van der Waals surface area contributed by atoms with E-state index in [4.69, 9.17) is 4.74 Å². The van der Waals surface area contributed by atoms with Gasteiger partial charge in [0.15, 0.2) is 0 Å². The molecule has 1 amide bonds. The summed E-state index contributed by atoms with van der Waals surface area (Å²) in [5.41, 5.74) is 0. The van der Waals surface area contributed by atoms with Crippen LogP contribution in [-0.2, 0) is 9.53 Å². The third-order valence-electron chi connectivity index (χ3n) is 7.91. The maximum atomic E-state index is 12.6. The van der Waals surface area contributed by atoms with Crippen molar-refractivity contribution in [3.63, 3.8) is 0 Å². The first-order valence-corrected chi connectivity index (χ1v) is 11.9. The summed E-state index contributed by atoms with van der Waals surface area (Å²) in [6.07, 6.45) is 8.72. The number of nitrogens with zero attached hydrogens (tertiary/aromatic N) is 2. The first kappa shape index (κ1) is 20.6. The molecule has 6 atom stereocenters. The predicted octanol–water partition coefficient (Wildman–Crippen LogP) is 2.75. The minimum absolute atomic E-state index is 0.240. The van der Waals surface area contributed by atoms with Gasteiger partial charge < -0.3 is 10.1 Å². The Hall–Kier alpha value is -0.650. The van der Waals surface area contributed by atoms with Gasteiger partial charge in [0.2, 0.25) is 5.91 Å². The molecule has 1 N–H and O–H groups in total. The van der Waals surface area contributed by atoms with Gasteiger partial charge in [-0.05, 0) is 89.6 Å². The van der Waals surface area contributed by atoms with Gasteiger partial charge in [0.25, 0.3) is 0 Å². The number of carbonyl (C=O) groups excluding carboxylic acids is 1. The van der Waals surface area contributed by atoms with E-state index < -0.39 is 0 Å². The van der Waals surface area contributed by atoms with E-state index in [9.17, 15) is 4.79 Å². The number of hydrogen-bond acceptors (Lipinski definition) is 4. The summed E-state index contributed by atoms with van der Waals surface area (Å²) in [6, 6.07) is 0.352. The second-order valence-electron chi connectivity index (χ2n) is 10.4. The highest BCUT2D eigenvalue weighted by Crippen LogP contribution is 2.49. The Labute approximate surface area is 171 Å². The fourth-order valence-electron chi connectivity index (χ4n) is 6.64. The zero-order chi connectivity index (χ0) is 19.7. The van der Waals surface area contributed by atoms with Crippen LogP contribution in [0.3, 0.4) is 0 Å². The summed E-state index contributed by atoms with van der Waals surface area (Å²) >= 11 is 0. The standard InChI is InChI=1S/C23H41N3O2/c1-16-12-26(13-17(2)28-16)14-19-6-8-25(9-7-19)15-23(27)24-18(3)22-11-20-4-5-21(22)10-20/h16-22H,4-15H2,1-3H3,(H,24,27). The molecule has 0 spiro atoms. The molecular weight excluding hydrogens is 350 g/mol. The molecule has 2 saturated carbocycles. The summed E-state index contributed by atoms with van der Waals surface area (Å²) in [6.45, 7) is 12.6. The van der Waals surface area contributed by atoms with Crippen LogP contribution in [0.2, 0.25) is 0 Å². The number of likely N-dealkylation sites (tertiary alicyclic amines) is 1. The van der Waals surface area contributed by atoms with Crippen molar-refractivity contribution in [3.05, 3.63) is 0 Å². The smallest absolute Gasteiger partial charge is 0.234 e. The third-order valence-corrected chi connectivity index (χ3v) is 7.91. The molecule has 28 heavy (non-hydrogen) atoms. The Morgan fingerprint density at radius 2 is 1.75 bits per heavy atom. The van der Waals surface area contributed by atoms with Crippen LogP contribution in [0.4, 0.5) is 0 Å². The molecule has 4 fully saturated rings. The largest absolute Gasteiger partial charge is 0.373 e. The molecule has 4 rings (SSSR count). The molecule has 2 saturated heterocycles. The van der Waals surface area contributed by atoms with Crippen LogP contribution in [0.25, 0.3) is 0 Å². The zero-order valence-electron chi connectivity index (χ0n) is 18.2. The molecule has 0 aromatic rings. The van der Waals surface area contributed by atoms with Crippen LogP contribution in [0.5, 0.6) is 0 Å². The van der Waals surface area contributed by atoms with Crippen LogP contribution in [0, 0.1) is 23.7 Å². The zero-order valence-corrected chi connectivity index (χ0v) is 18.2. The maximum Gasteiger partial charge on any atom is 0.234 e. The number of fused-ring (bicyclic) bond motifs is 2. The SMILES string of the molecule is CC1CN(CC2CCN(CC(=O)NC(C)C3CC4CCC3C4)CC2)CC(C)O1. The van der Waals surface area contributed by atoms with Gasteiger partial charge in [-0.25, -0.2) is 0 Å².